The Morgan fingerprint density at radius 2 is 1.95 bits per heavy atom. The van der Waals surface area contributed by atoms with Gasteiger partial charge < -0.3 is 10.1 Å². The van der Waals surface area contributed by atoms with Gasteiger partial charge in [0.05, 0.1) is 11.5 Å². The van der Waals surface area contributed by atoms with Crippen molar-refractivity contribution in [2.24, 2.45) is 5.92 Å². The van der Waals surface area contributed by atoms with Gasteiger partial charge >= 0.3 is 0 Å². The molecule has 1 amide bonds. The molecule has 1 aliphatic heterocycles. The number of para-hydroxylation sites is 1. The number of amides is 1. The molecular weight excluding hydrogens is 276 g/mol. The molecule has 0 atom stereocenters. The van der Waals surface area contributed by atoms with E-state index in [1.165, 1.54) is 18.2 Å². The van der Waals surface area contributed by atoms with E-state index in [1.807, 2.05) is 0 Å². The minimum Gasteiger partial charge on any atom is -0.381 e. The highest BCUT2D eigenvalue weighted by molar-refractivity contribution is 6.00. The largest absolute Gasteiger partial charge is 0.381 e. The van der Waals surface area contributed by atoms with Crippen LogP contribution < -0.4 is 5.32 Å². The second-order valence-corrected chi connectivity index (χ2v) is 4.81. The molecule has 7 nitrogen and oxygen atoms in total. The van der Waals surface area contributed by atoms with Crippen molar-refractivity contribution in [1.29, 1.82) is 0 Å². The molecule has 7 heteroatoms. The fourth-order valence-corrected chi connectivity index (χ4v) is 2.25. The summed E-state index contributed by atoms with van der Waals surface area (Å²) in [7, 11) is 0. The summed E-state index contributed by atoms with van der Waals surface area (Å²) in [5.74, 6) is -0.780. The number of nitrogens with one attached hydrogen (secondary N) is 1. The van der Waals surface area contributed by atoms with Gasteiger partial charge in [-0.05, 0) is 18.9 Å². The van der Waals surface area contributed by atoms with Crippen LogP contribution >= 0.6 is 0 Å². The molecule has 1 aliphatic rings. The summed E-state index contributed by atoms with van der Waals surface area (Å²) in [6.07, 6.45) is 1.31. The van der Waals surface area contributed by atoms with Crippen molar-refractivity contribution in [2.75, 3.05) is 19.8 Å². The van der Waals surface area contributed by atoms with E-state index in [1.54, 1.807) is 6.07 Å². The highest BCUT2D eigenvalue weighted by Gasteiger charge is 2.23. The molecule has 0 radical (unpaired) electrons. The first-order valence-electron chi connectivity index (χ1n) is 6.71. The first-order chi connectivity index (χ1) is 10.1. The molecule has 0 saturated carbocycles. The summed E-state index contributed by atoms with van der Waals surface area (Å²) in [6.45, 7) is 0.985. The van der Waals surface area contributed by atoms with E-state index in [2.05, 4.69) is 5.32 Å². The van der Waals surface area contributed by atoms with Crippen LogP contribution in [0.4, 0.5) is 5.69 Å². The van der Waals surface area contributed by atoms with Crippen LogP contribution in [0.5, 0.6) is 0 Å². The van der Waals surface area contributed by atoms with E-state index >= 15 is 0 Å². The summed E-state index contributed by atoms with van der Waals surface area (Å²) in [5, 5.41) is 13.3. The van der Waals surface area contributed by atoms with Gasteiger partial charge in [0.1, 0.15) is 5.56 Å². The van der Waals surface area contributed by atoms with E-state index in [0.717, 1.165) is 0 Å². The number of nitro groups is 1. The van der Waals surface area contributed by atoms with Crippen LogP contribution in [0.1, 0.15) is 23.2 Å². The summed E-state index contributed by atoms with van der Waals surface area (Å²) >= 11 is 0. The van der Waals surface area contributed by atoms with Crippen LogP contribution in [-0.4, -0.2) is 36.4 Å². The molecule has 1 saturated heterocycles. The van der Waals surface area contributed by atoms with E-state index in [9.17, 15) is 19.7 Å². The highest BCUT2D eigenvalue weighted by atomic mass is 16.6. The van der Waals surface area contributed by atoms with Gasteiger partial charge in [-0.2, -0.15) is 0 Å². The molecule has 0 unspecified atom stereocenters. The quantitative estimate of drug-likeness (QED) is 0.652. The van der Waals surface area contributed by atoms with Crippen LogP contribution in [0.3, 0.4) is 0 Å². The molecular formula is C14H16N2O5. The van der Waals surface area contributed by atoms with Gasteiger partial charge in [0.2, 0.25) is 0 Å². The van der Waals surface area contributed by atoms with Crippen LogP contribution in [0.15, 0.2) is 24.3 Å². The fourth-order valence-electron chi connectivity index (χ4n) is 2.25. The number of hydrogen-bond donors (Lipinski definition) is 1. The summed E-state index contributed by atoms with van der Waals surface area (Å²) in [5.41, 5.74) is -0.309. The van der Waals surface area contributed by atoms with Crippen LogP contribution in [0, 0.1) is 16.0 Å². The Kier molecular flexibility index (Phi) is 4.99. The van der Waals surface area contributed by atoms with E-state index in [-0.39, 0.29) is 29.5 Å². The maximum Gasteiger partial charge on any atom is 0.282 e. The number of carbonyl (C=O) groups is 2. The molecule has 1 N–H and O–H groups in total. The average molecular weight is 292 g/mol. The van der Waals surface area contributed by atoms with Gasteiger partial charge in [-0.3, -0.25) is 19.7 Å². The van der Waals surface area contributed by atoms with Crippen molar-refractivity contribution in [2.45, 2.75) is 12.8 Å². The van der Waals surface area contributed by atoms with Crippen molar-refractivity contribution < 1.29 is 19.2 Å². The maximum atomic E-state index is 12.0. The monoisotopic (exact) mass is 292 g/mol. The number of hydrogen-bond acceptors (Lipinski definition) is 5. The van der Waals surface area contributed by atoms with E-state index in [0.29, 0.717) is 26.1 Å². The number of nitrogens with zero attached hydrogens (tertiary/aromatic N) is 1. The Labute approximate surface area is 121 Å². The SMILES string of the molecule is O=C(NCC(=O)C1CCOCC1)c1ccccc1[N+](=O)[O-]. The molecule has 2 rings (SSSR count). The predicted octanol–water partition coefficient (Wildman–Crippen LogP) is 1.32. The van der Waals surface area contributed by atoms with E-state index in [4.69, 9.17) is 4.74 Å². The molecule has 0 aliphatic carbocycles. The number of benzene rings is 1. The normalized spacial score (nSPS) is 15.4. The molecule has 1 aromatic carbocycles. The zero-order chi connectivity index (χ0) is 15.2. The summed E-state index contributed by atoms with van der Waals surface area (Å²) in [6, 6.07) is 5.66. The van der Waals surface area contributed by atoms with E-state index < -0.39 is 10.8 Å². The number of Topliss-reactive ketones (excluding diaryl/α,β-unsaturated/α-hetero) is 1. The lowest BCUT2D eigenvalue weighted by Gasteiger charge is -2.20. The zero-order valence-corrected chi connectivity index (χ0v) is 11.4. The average Bonchev–Trinajstić information content (AvgIpc) is 2.53. The third-order valence-corrected chi connectivity index (χ3v) is 3.45. The highest BCUT2D eigenvalue weighted by Crippen LogP contribution is 2.18. The predicted molar refractivity (Wildman–Crippen MR) is 74.0 cm³/mol. The molecule has 0 bridgehead atoms. The first kappa shape index (κ1) is 15.1. The lowest BCUT2D eigenvalue weighted by atomic mass is 9.95. The molecule has 112 valence electrons. The topological polar surface area (TPSA) is 98.5 Å². The Morgan fingerprint density at radius 1 is 1.29 bits per heavy atom. The van der Waals surface area contributed by atoms with Gasteiger partial charge in [-0.25, -0.2) is 0 Å². The summed E-state index contributed by atoms with van der Waals surface area (Å²) in [4.78, 5) is 34.2. The number of ether oxygens (including phenoxy) is 1. The first-order valence-corrected chi connectivity index (χ1v) is 6.71. The van der Waals surface area contributed by atoms with Crippen molar-refractivity contribution in [3.05, 3.63) is 39.9 Å². The van der Waals surface area contributed by atoms with Crippen LogP contribution in [0.25, 0.3) is 0 Å². The molecule has 1 fully saturated rings. The van der Waals surface area contributed by atoms with Crippen molar-refractivity contribution in [3.8, 4) is 0 Å². The standard InChI is InChI=1S/C14H16N2O5/c17-13(10-5-7-21-8-6-10)9-15-14(18)11-3-1-2-4-12(11)16(19)20/h1-4,10H,5-9H2,(H,15,18). The minimum absolute atomic E-state index is 0.0396. The van der Waals surface area contributed by atoms with Crippen molar-refractivity contribution in [3.63, 3.8) is 0 Å². The van der Waals surface area contributed by atoms with Gasteiger partial charge in [0.15, 0.2) is 5.78 Å². The Bertz CT molecular complexity index is 552. The maximum absolute atomic E-state index is 12.0. The summed E-state index contributed by atoms with van der Waals surface area (Å²) < 4.78 is 5.17. The molecule has 21 heavy (non-hydrogen) atoms. The smallest absolute Gasteiger partial charge is 0.282 e. The third kappa shape index (κ3) is 3.85. The molecule has 1 heterocycles. The lowest BCUT2D eigenvalue weighted by Crippen LogP contribution is -2.35. The number of rotatable bonds is 5. The van der Waals surface area contributed by atoms with Crippen molar-refractivity contribution in [1.82, 2.24) is 5.32 Å². The Hall–Kier alpha value is -2.28. The Balaban J connectivity index is 1.95. The number of nitro benzene ring substituents is 1. The molecule has 1 aromatic rings. The minimum atomic E-state index is -0.616. The third-order valence-electron chi connectivity index (χ3n) is 3.45. The fraction of sp³-hybridized carbons (Fsp3) is 0.429. The number of ketones is 1. The van der Waals surface area contributed by atoms with Gasteiger partial charge in [-0.1, -0.05) is 12.1 Å². The second kappa shape index (κ2) is 6.94. The van der Waals surface area contributed by atoms with Gasteiger partial charge in [0.25, 0.3) is 11.6 Å². The van der Waals surface area contributed by atoms with Crippen LogP contribution in [-0.2, 0) is 9.53 Å². The van der Waals surface area contributed by atoms with Crippen molar-refractivity contribution >= 4 is 17.4 Å². The van der Waals surface area contributed by atoms with Gasteiger partial charge in [-0.15, -0.1) is 0 Å². The Morgan fingerprint density at radius 3 is 2.62 bits per heavy atom. The second-order valence-electron chi connectivity index (χ2n) is 4.81. The van der Waals surface area contributed by atoms with Gasteiger partial charge in [0, 0.05) is 25.2 Å². The van der Waals surface area contributed by atoms with Crippen LogP contribution in [0.2, 0.25) is 0 Å². The number of carbonyl (C=O) groups excluding carboxylic acids is 2. The zero-order valence-electron chi connectivity index (χ0n) is 11.4. The molecule has 0 spiro atoms. The lowest BCUT2D eigenvalue weighted by molar-refractivity contribution is -0.385. The molecule has 0 aromatic heterocycles.